The van der Waals surface area contributed by atoms with Gasteiger partial charge in [-0.05, 0) is 70.3 Å². The lowest BCUT2D eigenvalue weighted by molar-refractivity contribution is 0.237. The Bertz CT molecular complexity index is 804. The topological polar surface area (TPSA) is 6.48 Å². The third kappa shape index (κ3) is 5.59. The van der Waals surface area contributed by atoms with Gasteiger partial charge >= 0.3 is 0 Å². The Morgan fingerprint density at radius 3 is 2.36 bits per heavy atom. The van der Waals surface area contributed by atoms with E-state index in [1.54, 1.807) is 0 Å². The first-order valence-corrected chi connectivity index (χ1v) is 10.3. The van der Waals surface area contributed by atoms with Crippen molar-refractivity contribution in [2.24, 2.45) is 0 Å². The molecule has 0 bridgehead atoms. The third-order valence-corrected chi connectivity index (χ3v) is 5.44. The van der Waals surface area contributed by atoms with Crippen LogP contribution in [0, 0.1) is 13.8 Å². The second kappa shape index (κ2) is 10.3. The molecule has 0 saturated carbocycles. The molecule has 0 aliphatic carbocycles. The lowest BCUT2D eigenvalue weighted by atomic mass is 9.94. The summed E-state index contributed by atoms with van der Waals surface area (Å²) in [6, 6.07) is 18.1. The summed E-state index contributed by atoms with van der Waals surface area (Å²) in [4.78, 5) is 4.74. The molecule has 28 heavy (non-hydrogen) atoms. The minimum atomic E-state index is 0.323. The molecule has 2 aromatic rings. The smallest absolute Gasteiger partial charge is 0.0402 e. The molecule has 0 radical (unpaired) electrons. The van der Waals surface area contributed by atoms with E-state index in [0.717, 1.165) is 13.0 Å². The normalized spacial score (nSPS) is 13.1. The summed E-state index contributed by atoms with van der Waals surface area (Å²) in [6.07, 6.45) is 5.23. The number of hydrogen-bond acceptors (Lipinski definition) is 2. The molecule has 2 aromatic carbocycles. The van der Waals surface area contributed by atoms with Crippen molar-refractivity contribution in [1.29, 1.82) is 0 Å². The second-order valence-electron chi connectivity index (χ2n) is 7.88. The van der Waals surface area contributed by atoms with Gasteiger partial charge in [-0.3, -0.25) is 4.90 Å². The van der Waals surface area contributed by atoms with Gasteiger partial charge in [-0.1, -0.05) is 67.6 Å². The lowest BCUT2D eigenvalue weighted by Crippen LogP contribution is -2.30. The minimum absolute atomic E-state index is 0.323. The molecule has 2 heteroatoms. The van der Waals surface area contributed by atoms with E-state index in [1.807, 2.05) is 6.20 Å². The first kappa shape index (κ1) is 22.0. The van der Waals surface area contributed by atoms with E-state index in [-0.39, 0.29) is 0 Å². The van der Waals surface area contributed by atoms with Gasteiger partial charge in [0.25, 0.3) is 0 Å². The van der Waals surface area contributed by atoms with Gasteiger partial charge in [-0.25, -0.2) is 0 Å². The Morgan fingerprint density at radius 2 is 1.79 bits per heavy atom. The third-order valence-electron chi connectivity index (χ3n) is 5.44. The SMILES string of the molecule is C=CN(/C(=C\c1cccc(C)c1)CC(c1ccccc1C)N(C)CC)C(C)C. The number of nitrogens with zero attached hydrogens (tertiary/aromatic N) is 2. The van der Waals surface area contributed by atoms with Crippen LogP contribution in [0.5, 0.6) is 0 Å². The van der Waals surface area contributed by atoms with Crippen LogP contribution in [0.2, 0.25) is 0 Å². The van der Waals surface area contributed by atoms with E-state index in [2.05, 4.69) is 113 Å². The largest absolute Gasteiger partial charge is 0.349 e. The highest BCUT2D eigenvalue weighted by molar-refractivity contribution is 5.54. The lowest BCUT2D eigenvalue weighted by Gasteiger charge is -2.34. The summed E-state index contributed by atoms with van der Waals surface area (Å²) in [5, 5.41) is 0. The molecule has 0 aliphatic heterocycles. The maximum absolute atomic E-state index is 4.10. The first-order chi connectivity index (χ1) is 13.4. The van der Waals surface area contributed by atoms with Crippen LogP contribution >= 0.6 is 0 Å². The first-order valence-electron chi connectivity index (χ1n) is 10.3. The van der Waals surface area contributed by atoms with Crippen LogP contribution in [0.15, 0.2) is 67.0 Å². The Labute approximate surface area is 172 Å². The zero-order chi connectivity index (χ0) is 20.7. The molecule has 2 rings (SSSR count). The maximum Gasteiger partial charge on any atom is 0.0402 e. The highest BCUT2D eigenvalue weighted by Crippen LogP contribution is 2.32. The van der Waals surface area contributed by atoms with Crippen molar-refractivity contribution in [1.82, 2.24) is 9.80 Å². The quantitative estimate of drug-likeness (QED) is 0.487. The molecule has 0 aromatic heterocycles. The van der Waals surface area contributed by atoms with Gasteiger partial charge in [-0.2, -0.15) is 0 Å². The molecule has 0 heterocycles. The highest BCUT2D eigenvalue weighted by Gasteiger charge is 2.22. The molecular weight excluding hydrogens is 340 g/mol. The number of aryl methyl sites for hydroxylation is 2. The van der Waals surface area contributed by atoms with Gasteiger partial charge in [0.2, 0.25) is 0 Å². The fraction of sp³-hybridized carbons (Fsp3) is 0.385. The number of rotatable bonds is 9. The van der Waals surface area contributed by atoms with E-state index in [1.165, 1.54) is 28.0 Å². The number of benzene rings is 2. The standard InChI is InChI=1S/C26H36N2/c1-8-27(7)26(25-16-11-10-14-22(25)6)19-24(28(9-2)20(3)4)18-23-15-12-13-21(5)17-23/h9-18,20,26H,2,8,19H2,1,3-7H3/b24-18-. The molecule has 1 atom stereocenters. The average Bonchev–Trinajstić information content (AvgIpc) is 2.66. The van der Waals surface area contributed by atoms with Gasteiger partial charge in [0, 0.05) is 24.2 Å². The van der Waals surface area contributed by atoms with E-state index in [9.17, 15) is 0 Å². The summed E-state index contributed by atoms with van der Waals surface area (Å²) in [5.41, 5.74) is 6.56. The van der Waals surface area contributed by atoms with Gasteiger partial charge in [0.15, 0.2) is 0 Å². The molecule has 0 N–H and O–H groups in total. The Balaban J connectivity index is 2.51. The predicted molar refractivity (Wildman–Crippen MR) is 123 cm³/mol. The van der Waals surface area contributed by atoms with Crippen LogP contribution in [-0.4, -0.2) is 29.4 Å². The van der Waals surface area contributed by atoms with Crippen LogP contribution in [0.1, 0.15) is 55.5 Å². The number of hydrogen-bond donors (Lipinski definition) is 0. The van der Waals surface area contributed by atoms with Crippen LogP contribution in [0.3, 0.4) is 0 Å². The van der Waals surface area contributed by atoms with Gasteiger partial charge in [-0.15, -0.1) is 0 Å². The van der Waals surface area contributed by atoms with Crippen LogP contribution in [0.4, 0.5) is 0 Å². The van der Waals surface area contributed by atoms with E-state index in [4.69, 9.17) is 0 Å². The zero-order valence-corrected chi connectivity index (χ0v) is 18.4. The second-order valence-corrected chi connectivity index (χ2v) is 7.88. The fourth-order valence-electron chi connectivity index (χ4n) is 3.73. The Kier molecular flexibility index (Phi) is 8.07. The Morgan fingerprint density at radius 1 is 1.07 bits per heavy atom. The summed E-state index contributed by atoms with van der Waals surface area (Å²) >= 11 is 0. The van der Waals surface area contributed by atoms with E-state index in [0.29, 0.717) is 12.1 Å². The summed E-state index contributed by atoms with van der Waals surface area (Å²) in [7, 11) is 2.22. The molecule has 0 fully saturated rings. The van der Waals surface area contributed by atoms with Crippen molar-refractivity contribution in [3.8, 4) is 0 Å². The van der Waals surface area contributed by atoms with E-state index >= 15 is 0 Å². The van der Waals surface area contributed by atoms with Crippen molar-refractivity contribution < 1.29 is 0 Å². The monoisotopic (exact) mass is 376 g/mol. The van der Waals surface area contributed by atoms with Gasteiger partial charge in [0.05, 0.1) is 0 Å². The summed E-state index contributed by atoms with van der Waals surface area (Å²) in [5.74, 6) is 0. The fourth-order valence-corrected chi connectivity index (χ4v) is 3.73. The van der Waals surface area contributed by atoms with Crippen molar-refractivity contribution in [2.75, 3.05) is 13.6 Å². The molecule has 150 valence electrons. The van der Waals surface area contributed by atoms with Gasteiger partial charge < -0.3 is 4.90 Å². The average molecular weight is 377 g/mol. The highest BCUT2D eigenvalue weighted by atomic mass is 15.2. The van der Waals surface area contributed by atoms with Crippen molar-refractivity contribution in [2.45, 2.75) is 53.1 Å². The van der Waals surface area contributed by atoms with Gasteiger partial charge in [0.1, 0.15) is 0 Å². The van der Waals surface area contributed by atoms with Crippen LogP contribution in [0.25, 0.3) is 6.08 Å². The molecule has 0 spiro atoms. The zero-order valence-electron chi connectivity index (χ0n) is 18.4. The minimum Gasteiger partial charge on any atom is -0.349 e. The summed E-state index contributed by atoms with van der Waals surface area (Å²) < 4.78 is 0. The van der Waals surface area contributed by atoms with Crippen molar-refractivity contribution in [3.63, 3.8) is 0 Å². The molecule has 0 saturated heterocycles. The summed E-state index contributed by atoms with van der Waals surface area (Å²) in [6.45, 7) is 16.1. The molecule has 1 unspecified atom stereocenters. The molecule has 0 aliphatic rings. The molecule has 2 nitrogen and oxygen atoms in total. The maximum atomic E-state index is 4.10. The Hall–Kier alpha value is -2.32. The van der Waals surface area contributed by atoms with E-state index < -0.39 is 0 Å². The molecule has 0 amide bonds. The van der Waals surface area contributed by atoms with Crippen molar-refractivity contribution in [3.05, 3.63) is 89.3 Å². The molecular formula is C26H36N2. The van der Waals surface area contributed by atoms with Crippen LogP contribution < -0.4 is 0 Å². The van der Waals surface area contributed by atoms with Crippen molar-refractivity contribution >= 4 is 6.08 Å². The predicted octanol–water partition coefficient (Wildman–Crippen LogP) is 6.58. The van der Waals surface area contributed by atoms with Crippen LogP contribution in [-0.2, 0) is 0 Å².